The van der Waals surface area contributed by atoms with Gasteiger partial charge in [0.05, 0.1) is 18.8 Å². The third-order valence-corrected chi connectivity index (χ3v) is 3.66. The maximum Gasteiger partial charge on any atom is 0.390 e. The molecule has 0 bridgehead atoms. The van der Waals surface area contributed by atoms with E-state index in [4.69, 9.17) is 16.6 Å². The van der Waals surface area contributed by atoms with E-state index < -0.39 is 29.4 Å². The van der Waals surface area contributed by atoms with Crippen LogP contribution in [0.15, 0.2) is 4.99 Å². The Bertz CT molecular complexity index is 341. The molecule has 0 aromatic carbocycles. The fourth-order valence-corrected chi connectivity index (χ4v) is 2.23. The summed E-state index contributed by atoms with van der Waals surface area (Å²) in [7, 11) is 0. The van der Waals surface area contributed by atoms with E-state index in [0.717, 1.165) is 11.8 Å². The number of nitrogens with zero attached hydrogens (tertiary/aromatic N) is 1. The zero-order chi connectivity index (χ0) is 15.3. The maximum atomic E-state index is 12.4. The van der Waals surface area contributed by atoms with Gasteiger partial charge in [0.2, 0.25) is 0 Å². The predicted molar refractivity (Wildman–Crippen MR) is 69.3 cm³/mol. The average Bonchev–Trinajstić information content (AvgIpc) is 2.20. The van der Waals surface area contributed by atoms with E-state index >= 15 is 0 Å². The van der Waals surface area contributed by atoms with E-state index in [1.807, 2.05) is 0 Å². The lowest BCUT2D eigenvalue weighted by molar-refractivity contribution is -0.141. The first kappa shape index (κ1) is 18.0. The number of carboxylic acids is 1. The van der Waals surface area contributed by atoms with Crippen molar-refractivity contribution in [3.05, 3.63) is 0 Å². The van der Waals surface area contributed by atoms with E-state index in [0.29, 0.717) is 0 Å². The molecule has 0 aromatic rings. The zero-order valence-electron chi connectivity index (χ0n) is 10.7. The Morgan fingerprint density at radius 3 is 2.37 bits per heavy atom. The van der Waals surface area contributed by atoms with Gasteiger partial charge in [-0.2, -0.15) is 24.9 Å². The fraction of sp³-hybridized carbons (Fsp3) is 0.800. The first-order valence-corrected chi connectivity index (χ1v) is 6.46. The van der Waals surface area contributed by atoms with Gasteiger partial charge in [-0.05, 0) is 13.8 Å². The number of thioether (sulfide) groups is 1. The van der Waals surface area contributed by atoms with Crippen LogP contribution in [0.25, 0.3) is 0 Å². The molecule has 2 unspecified atom stereocenters. The zero-order valence-corrected chi connectivity index (χ0v) is 11.5. The minimum Gasteiger partial charge on any atom is -0.480 e. The van der Waals surface area contributed by atoms with Crippen LogP contribution in [0.2, 0.25) is 0 Å². The lowest BCUT2D eigenvalue weighted by Crippen LogP contribution is -2.47. The van der Waals surface area contributed by atoms with Crippen LogP contribution in [-0.4, -0.2) is 46.2 Å². The number of hydrogen-bond donors (Lipinski definition) is 3. The van der Waals surface area contributed by atoms with Crippen molar-refractivity contribution in [1.82, 2.24) is 0 Å². The first-order chi connectivity index (χ1) is 8.44. The van der Waals surface area contributed by atoms with Gasteiger partial charge in [0.15, 0.2) is 0 Å². The molecule has 5 nitrogen and oxygen atoms in total. The molecule has 0 radical (unpaired) electrons. The Morgan fingerprint density at radius 2 is 2.00 bits per heavy atom. The molecular formula is C10H18F3N3O2S. The fourth-order valence-electron chi connectivity index (χ4n) is 1.03. The van der Waals surface area contributed by atoms with Crippen molar-refractivity contribution < 1.29 is 23.1 Å². The molecule has 5 N–H and O–H groups in total. The summed E-state index contributed by atoms with van der Waals surface area (Å²) in [5.41, 5.74) is 9.17. The molecule has 0 fully saturated rings. The Balaban J connectivity index is 4.59. The molecule has 0 aliphatic heterocycles. The highest BCUT2D eigenvalue weighted by molar-refractivity contribution is 8.00. The summed E-state index contributed by atoms with van der Waals surface area (Å²) in [4.78, 5) is 14.5. The maximum absolute atomic E-state index is 12.4. The second-order valence-electron chi connectivity index (χ2n) is 4.46. The highest BCUT2D eigenvalue weighted by Gasteiger charge is 2.35. The third-order valence-electron chi connectivity index (χ3n) is 2.11. The highest BCUT2D eigenvalue weighted by atomic mass is 32.2. The minimum absolute atomic E-state index is 0.123. The van der Waals surface area contributed by atoms with E-state index in [2.05, 4.69) is 4.99 Å². The molecular weight excluding hydrogens is 283 g/mol. The van der Waals surface area contributed by atoms with Crippen molar-refractivity contribution >= 4 is 23.6 Å². The van der Waals surface area contributed by atoms with Gasteiger partial charge < -0.3 is 16.6 Å². The molecule has 0 aliphatic carbocycles. The monoisotopic (exact) mass is 301 g/mol. The SMILES string of the molecule is CC(N)=NCC(CC(F)(F)F)SCC(C)(N)C(=O)O. The summed E-state index contributed by atoms with van der Waals surface area (Å²) >= 11 is 0.837. The topological polar surface area (TPSA) is 102 Å². The second-order valence-corrected chi connectivity index (χ2v) is 5.75. The van der Waals surface area contributed by atoms with Gasteiger partial charge in [0, 0.05) is 11.0 Å². The van der Waals surface area contributed by atoms with Crippen molar-refractivity contribution in [1.29, 1.82) is 0 Å². The van der Waals surface area contributed by atoms with Crippen LogP contribution in [0.4, 0.5) is 13.2 Å². The quantitative estimate of drug-likeness (QED) is 0.485. The van der Waals surface area contributed by atoms with Crippen molar-refractivity contribution in [2.24, 2.45) is 16.5 Å². The van der Waals surface area contributed by atoms with Crippen LogP contribution in [0, 0.1) is 0 Å². The van der Waals surface area contributed by atoms with Crippen LogP contribution in [-0.2, 0) is 4.79 Å². The number of carbonyl (C=O) groups is 1. The number of nitrogens with two attached hydrogens (primary N) is 2. The Morgan fingerprint density at radius 1 is 1.47 bits per heavy atom. The van der Waals surface area contributed by atoms with E-state index in [1.54, 1.807) is 0 Å². The number of halogens is 3. The normalized spacial score (nSPS) is 17.9. The summed E-state index contributed by atoms with van der Waals surface area (Å²) in [6, 6.07) is 0. The second kappa shape index (κ2) is 6.99. The summed E-state index contributed by atoms with van der Waals surface area (Å²) in [5, 5.41) is 7.89. The van der Waals surface area contributed by atoms with Crippen molar-refractivity contribution in [3.63, 3.8) is 0 Å². The van der Waals surface area contributed by atoms with Gasteiger partial charge in [-0.25, -0.2) is 0 Å². The molecule has 112 valence electrons. The number of rotatable bonds is 7. The molecule has 0 aromatic heterocycles. The number of carboxylic acid groups (broad SMARTS) is 1. The molecule has 0 amide bonds. The molecule has 0 heterocycles. The standard InChI is InChI=1S/C10H18F3N3O2S/c1-6(14)16-4-7(3-10(11,12)13)19-5-9(2,15)8(17)18/h7H,3-5,15H2,1-2H3,(H2,14,16)(H,17,18). The number of aliphatic carboxylic acids is 1. The summed E-state index contributed by atoms with van der Waals surface area (Å²) in [6.07, 6.45) is -5.41. The molecule has 9 heteroatoms. The number of hydrogen-bond acceptors (Lipinski definition) is 4. The summed E-state index contributed by atoms with van der Waals surface area (Å²) < 4.78 is 37.1. The summed E-state index contributed by atoms with van der Waals surface area (Å²) in [5.74, 6) is -1.21. The van der Waals surface area contributed by atoms with Crippen molar-refractivity contribution in [3.8, 4) is 0 Å². The lowest BCUT2D eigenvalue weighted by atomic mass is 10.1. The van der Waals surface area contributed by atoms with Crippen LogP contribution in [0.3, 0.4) is 0 Å². The van der Waals surface area contributed by atoms with Crippen LogP contribution < -0.4 is 11.5 Å². The molecule has 0 rings (SSSR count). The van der Waals surface area contributed by atoms with Crippen molar-refractivity contribution in [2.75, 3.05) is 12.3 Å². The first-order valence-electron chi connectivity index (χ1n) is 5.41. The predicted octanol–water partition coefficient (Wildman–Crippen LogP) is 1.22. The molecule has 2 atom stereocenters. The van der Waals surface area contributed by atoms with Crippen molar-refractivity contribution in [2.45, 2.75) is 37.2 Å². The van der Waals surface area contributed by atoms with Gasteiger partial charge in [0.1, 0.15) is 5.54 Å². The smallest absolute Gasteiger partial charge is 0.390 e. The van der Waals surface area contributed by atoms with E-state index in [9.17, 15) is 18.0 Å². The Kier molecular flexibility index (Phi) is 6.64. The van der Waals surface area contributed by atoms with Crippen LogP contribution >= 0.6 is 11.8 Å². The molecule has 0 saturated carbocycles. The van der Waals surface area contributed by atoms with Gasteiger partial charge >= 0.3 is 12.1 Å². The van der Waals surface area contributed by atoms with E-state index in [1.165, 1.54) is 13.8 Å². The molecule has 0 aliphatic rings. The summed E-state index contributed by atoms with van der Waals surface area (Å²) in [6.45, 7) is 2.60. The molecule has 0 spiro atoms. The average molecular weight is 301 g/mol. The van der Waals surface area contributed by atoms with Crippen LogP contribution in [0.1, 0.15) is 20.3 Å². The Labute approximate surface area is 113 Å². The highest BCUT2D eigenvalue weighted by Crippen LogP contribution is 2.29. The number of aliphatic imine (C=N–C) groups is 1. The lowest BCUT2D eigenvalue weighted by Gasteiger charge is -2.23. The molecule has 19 heavy (non-hydrogen) atoms. The largest absolute Gasteiger partial charge is 0.480 e. The van der Waals surface area contributed by atoms with E-state index in [-0.39, 0.29) is 18.1 Å². The van der Waals surface area contributed by atoms with Gasteiger partial charge in [-0.15, -0.1) is 0 Å². The van der Waals surface area contributed by atoms with Crippen LogP contribution in [0.5, 0.6) is 0 Å². The van der Waals surface area contributed by atoms with Gasteiger partial charge in [-0.1, -0.05) is 0 Å². The van der Waals surface area contributed by atoms with Gasteiger partial charge in [-0.3, -0.25) is 9.79 Å². The molecule has 0 saturated heterocycles. The number of alkyl halides is 3. The Hall–Kier alpha value is -0.960. The third kappa shape index (κ3) is 8.71. The number of amidine groups is 1. The minimum atomic E-state index is -4.34. The van der Waals surface area contributed by atoms with Gasteiger partial charge in [0.25, 0.3) is 0 Å².